The zero-order valence-corrected chi connectivity index (χ0v) is 20.7. The molecule has 5 N–H and O–H groups in total. The van der Waals surface area contributed by atoms with E-state index in [-0.39, 0.29) is 24.3 Å². The van der Waals surface area contributed by atoms with Crippen LogP contribution in [-0.4, -0.2) is 51.5 Å². The molecule has 2 aromatic heterocycles. The Morgan fingerprint density at radius 2 is 1.78 bits per heavy atom. The number of amidine groups is 1. The van der Waals surface area contributed by atoms with Crippen LogP contribution in [0, 0.1) is 5.41 Å². The molecule has 36 heavy (non-hydrogen) atoms. The first-order valence-corrected chi connectivity index (χ1v) is 13.1. The van der Waals surface area contributed by atoms with Gasteiger partial charge in [0.1, 0.15) is 18.2 Å². The molecule has 190 valence electrons. The topological polar surface area (TPSA) is 125 Å². The minimum atomic E-state index is 0.0159. The molecule has 5 rings (SSSR count). The number of anilines is 1. The Hall–Kier alpha value is -3.46. The number of aromatic nitrogens is 3. The van der Waals surface area contributed by atoms with E-state index in [4.69, 9.17) is 16.1 Å². The smallest absolute Gasteiger partial charge is 0.240 e. The molecule has 2 aliphatic rings. The number of imidazole rings is 1. The summed E-state index contributed by atoms with van der Waals surface area (Å²) in [6.07, 6.45) is 11.5. The first kappa shape index (κ1) is 24.2. The maximum Gasteiger partial charge on any atom is 0.240 e. The van der Waals surface area contributed by atoms with Gasteiger partial charge in [-0.1, -0.05) is 19.3 Å². The van der Waals surface area contributed by atoms with Crippen molar-refractivity contribution in [3.63, 3.8) is 0 Å². The highest BCUT2D eigenvalue weighted by Gasteiger charge is 2.22. The molecule has 1 amide bonds. The summed E-state index contributed by atoms with van der Waals surface area (Å²) >= 11 is 0. The Balaban J connectivity index is 1.27. The van der Waals surface area contributed by atoms with Crippen LogP contribution in [0.1, 0.15) is 56.3 Å². The molecule has 3 heterocycles. The Labute approximate surface area is 212 Å². The molecular formula is C27H36N8O. The Morgan fingerprint density at radius 3 is 2.50 bits per heavy atom. The maximum absolute atomic E-state index is 13.0. The van der Waals surface area contributed by atoms with E-state index in [9.17, 15) is 4.79 Å². The van der Waals surface area contributed by atoms with Crippen LogP contribution in [0.4, 0.5) is 5.69 Å². The molecule has 0 bridgehead atoms. The number of nitrogens with one attached hydrogen (secondary N) is 3. The van der Waals surface area contributed by atoms with Gasteiger partial charge in [0.2, 0.25) is 5.91 Å². The van der Waals surface area contributed by atoms with Crippen LogP contribution in [0.2, 0.25) is 0 Å². The molecule has 0 unspecified atom stereocenters. The Kier molecular flexibility index (Phi) is 7.46. The molecule has 0 spiro atoms. The van der Waals surface area contributed by atoms with Gasteiger partial charge in [-0.15, -0.1) is 0 Å². The van der Waals surface area contributed by atoms with Crippen molar-refractivity contribution in [3.8, 4) is 0 Å². The molecule has 9 nitrogen and oxygen atoms in total. The van der Waals surface area contributed by atoms with E-state index in [1.54, 1.807) is 0 Å². The fraction of sp³-hybridized carbons (Fsp3) is 0.481. The van der Waals surface area contributed by atoms with E-state index >= 15 is 0 Å². The SMILES string of the molecule is N=C(N)c1ccc2c(c1)nc(CNC1CCN(c3ccncc3)CC1)n2CC(=O)NC1CCCCC1. The Morgan fingerprint density at radius 1 is 1.03 bits per heavy atom. The fourth-order valence-corrected chi connectivity index (χ4v) is 5.45. The summed E-state index contributed by atoms with van der Waals surface area (Å²) in [5.41, 5.74) is 9.22. The van der Waals surface area contributed by atoms with Gasteiger partial charge >= 0.3 is 0 Å². The third kappa shape index (κ3) is 5.67. The van der Waals surface area contributed by atoms with Crippen LogP contribution in [0.3, 0.4) is 0 Å². The van der Waals surface area contributed by atoms with Gasteiger partial charge in [-0.25, -0.2) is 4.98 Å². The zero-order chi connectivity index (χ0) is 24.9. The molecule has 1 aliphatic heterocycles. The van der Waals surface area contributed by atoms with Crippen LogP contribution in [0.25, 0.3) is 11.0 Å². The van der Waals surface area contributed by atoms with Gasteiger partial charge in [0.15, 0.2) is 0 Å². The summed E-state index contributed by atoms with van der Waals surface area (Å²) in [5, 5.41) is 14.7. The average molecular weight is 489 g/mol. The van der Waals surface area contributed by atoms with Crippen molar-refractivity contribution in [2.45, 2.75) is 70.1 Å². The van der Waals surface area contributed by atoms with E-state index in [2.05, 4.69) is 32.7 Å². The summed E-state index contributed by atoms with van der Waals surface area (Å²) in [7, 11) is 0. The summed E-state index contributed by atoms with van der Waals surface area (Å²) in [6, 6.07) is 10.4. The van der Waals surface area contributed by atoms with Crippen molar-refractivity contribution < 1.29 is 4.79 Å². The number of nitrogens with zero attached hydrogens (tertiary/aromatic N) is 4. The molecule has 1 aliphatic carbocycles. The first-order chi connectivity index (χ1) is 17.6. The molecule has 0 radical (unpaired) electrons. The standard InChI is InChI=1S/C27H36N8O/c28-27(29)19-6-7-24-23(16-19)33-25(35(24)18-26(36)32-21-4-2-1-3-5-21)17-31-20-10-14-34(15-11-20)22-8-12-30-13-9-22/h6-9,12-13,16,20-21,31H,1-5,10-11,14-15,17-18H2,(H3,28,29)(H,32,36). The number of nitrogen functional groups attached to an aromatic ring is 1. The van der Waals surface area contributed by atoms with Gasteiger partial charge in [0, 0.05) is 48.8 Å². The second kappa shape index (κ2) is 11.1. The van der Waals surface area contributed by atoms with Crippen molar-refractivity contribution >= 4 is 28.5 Å². The lowest BCUT2D eigenvalue weighted by Crippen LogP contribution is -2.42. The zero-order valence-electron chi connectivity index (χ0n) is 20.7. The van der Waals surface area contributed by atoms with Crippen LogP contribution < -0.4 is 21.3 Å². The highest BCUT2D eigenvalue weighted by atomic mass is 16.2. The maximum atomic E-state index is 13.0. The lowest BCUT2D eigenvalue weighted by atomic mass is 9.95. The third-order valence-electron chi connectivity index (χ3n) is 7.48. The van der Waals surface area contributed by atoms with Crippen molar-refractivity contribution in [1.29, 1.82) is 5.41 Å². The number of rotatable bonds is 8. The predicted molar refractivity (Wildman–Crippen MR) is 142 cm³/mol. The molecule has 9 heteroatoms. The van der Waals surface area contributed by atoms with Crippen LogP contribution in [0.15, 0.2) is 42.7 Å². The number of carbonyl (C=O) groups is 1. The van der Waals surface area contributed by atoms with Gasteiger partial charge in [-0.05, 0) is 56.0 Å². The number of hydrogen-bond acceptors (Lipinski definition) is 6. The lowest BCUT2D eigenvalue weighted by Gasteiger charge is -2.34. The highest BCUT2D eigenvalue weighted by molar-refractivity contribution is 5.98. The second-order valence-electron chi connectivity index (χ2n) is 9.98. The van der Waals surface area contributed by atoms with Crippen LogP contribution >= 0.6 is 0 Å². The quantitative estimate of drug-likeness (QED) is 0.285. The number of pyridine rings is 1. The highest BCUT2D eigenvalue weighted by Crippen LogP contribution is 2.22. The lowest BCUT2D eigenvalue weighted by molar-refractivity contribution is -0.122. The first-order valence-electron chi connectivity index (χ1n) is 13.1. The van der Waals surface area contributed by atoms with Gasteiger partial charge in [0.25, 0.3) is 0 Å². The van der Waals surface area contributed by atoms with Gasteiger partial charge in [0.05, 0.1) is 17.6 Å². The molecule has 1 saturated heterocycles. The third-order valence-corrected chi connectivity index (χ3v) is 7.48. The molecule has 1 aromatic carbocycles. The van der Waals surface area contributed by atoms with Crippen LogP contribution in [-0.2, 0) is 17.9 Å². The number of piperidine rings is 1. The number of benzene rings is 1. The number of carbonyl (C=O) groups excluding carboxylic acids is 1. The minimum Gasteiger partial charge on any atom is -0.384 e. The average Bonchev–Trinajstić information content (AvgIpc) is 3.25. The van der Waals surface area contributed by atoms with Gasteiger partial charge in [-0.2, -0.15) is 0 Å². The largest absolute Gasteiger partial charge is 0.384 e. The second-order valence-corrected chi connectivity index (χ2v) is 9.98. The normalized spacial score (nSPS) is 17.4. The van der Waals surface area contributed by atoms with Crippen molar-refractivity contribution in [3.05, 3.63) is 54.1 Å². The summed E-state index contributed by atoms with van der Waals surface area (Å²) in [4.78, 5) is 24.3. The summed E-state index contributed by atoms with van der Waals surface area (Å²) in [6.45, 7) is 2.80. The van der Waals surface area contributed by atoms with Crippen molar-refractivity contribution in [2.75, 3.05) is 18.0 Å². The molecule has 3 aromatic rings. The Bertz CT molecular complexity index is 1190. The summed E-state index contributed by atoms with van der Waals surface area (Å²) < 4.78 is 2.01. The van der Waals surface area contributed by atoms with Gasteiger partial charge < -0.3 is 25.8 Å². The number of hydrogen-bond donors (Lipinski definition) is 4. The molecule has 0 atom stereocenters. The minimum absolute atomic E-state index is 0.0159. The van der Waals surface area contributed by atoms with E-state index < -0.39 is 0 Å². The van der Waals surface area contributed by atoms with E-state index in [1.165, 1.54) is 24.9 Å². The van der Waals surface area contributed by atoms with Crippen molar-refractivity contribution in [1.82, 2.24) is 25.2 Å². The van der Waals surface area contributed by atoms with E-state index in [0.29, 0.717) is 18.2 Å². The predicted octanol–water partition coefficient (Wildman–Crippen LogP) is 2.92. The summed E-state index contributed by atoms with van der Waals surface area (Å²) in [5.74, 6) is 0.881. The molecule has 1 saturated carbocycles. The molecule has 2 fully saturated rings. The van der Waals surface area contributed by atoms with Gasteiger partial charge in [-0.3, -0.25) is 15.2 Å². The van der Waals surface area contributed by atoms with Crippen molar-refractivity contribution in [2.24, 2.45) is 5.73 Å². The number of amides is 1. The number of nitrogens with two attached hydrogens (primary N) is 1. The number of fused-ring (bicyclic) bond motifs is 1. The van der Waals surface area contributed by atoms with E-state index in [0.717, 1.165) is 55.6 Å². The molecular weight excluding hydrogens is 452 g/mol. The monoisotopic (exact) mass is 488 g/mol. The van der Waals surface area contributed by atoms with Crippen LogP contribution in [0.5, 0.6) is 0 Å². The van der Waals surface area contributed by atoms with E-state index in [1.807, 2.05) is 35.2 Å². The fourth-order valence-electron chi connectivity index (χ4n) is 5.45.